The lowest BCUT2D eigenvalue weighted by atomic mass is 10.2. The van der Waals surface area contributed by atoms with Gasteiger partial charge in [0.1, 0.15) is 4.90 Å². The summed E-state index contributed by atoms with van der Waals surface area (Å²) < 4.78 is 59.1. The summed E-state index contributed by atoms with van der Waals surface area (Å²) in [5.74, 6) is -3.01. The Kier molecular flexibility index (Phi) is 5.89. The molecule has 124 valence electrons. The van der Waals surface area contributed by atoms with Gasteiger partial charge in [-0.1, -0.05) is 0 Å². The largest absolute Gasteiger partial charge is 0.505 e. The molecule has 0 aliphatic rings. The molecule has 4 N–H and O–H groups in total. The second-order valence-electron chi connectivity index (χ2n) is 3.78. The van der Waals surface area contributed by atoms with E-state index in [0.717, 1.165) is 13.8 Å². The third kappa shape index (κ3) is 4.31. The molecular weight excluding hydrogens is 333 g/mol. The molecule has 0 unspecified atom stereocenters. The van der Waals surface area contributed by atoms with Gasteiger partial charge < -0.3 is 15.9 Å². The van der Waals surface area contributed by atoms with Crippen LogP contribution in [0.1, 0.15) is 23.0 Å². The number of hydrogen-bond acceptors (Lipinski definition) is 6. The fourth-order valence-corrected chi connectivity index (χ4v) is 2.09. The van der Waals surface area contributed by atoms with Crippen LogP contribution in [0.15, 0.2) is 11.1 Å². The maximum absolute atomic E-state index is 12.3. The summed E-state index contributed by atoms with van der Waals surface area (Å²) in [7, 11) is -5.65. The van der Waals surface area contributed by atoms with Gasteiger partial charge in [0.05, 0.1) is 0 Å². The molecule has 1 aromatic rings. The van der Waals surface area contributed by atoms with E-state index in [-0.39, 0.29) is 0 Å². The summed E-state index contributed by atoms with van der Waals surface area (Å²) in [5.41, 5.74) is -2.08. The van der Waals surface area contributed by atoms with Crippen molar-refractivity contribution in [2.45, 2.75) is 24.3 Å². The molecule has 0 spiro atoms. The molecule has 0 saturated heterocycles. The Hall–Kier alpha value is -2.37. The second kappa shape index (κ2) is 6.60. The van der Waals surface area contributed by atoms with E-state index < -0.39 is 49.1 Å². The summed E-state index contributed by atoms with van der Waals surface area (Å²) in [6.07, 6.45) is 0.331. The molecule has 12 heteroatoms. The molecule has 0 radical (unpaired) electrons. The molecule has 1 aromatic heterocycles. The minimum absolute atomic E-state index is 0.331. The SMILES string of the molecule is CC(=O)O.Cc1c(S(=O)(=O)C(F)(F)F)cnc(C(N)=O)c1O. The van der Waals surface area contributed by atoms with Crippen LogP contribution in [0.2, 0.25) is 0 Å². The van der Waals surface area contributed by atoms with Crippen LogP contribution in [0.4, 0.5) is 13.2 Å². The number of aromatic hydroxyl groups is 1. The fourth-order valence-electron chi connectivity index (χ4n) is 1.15. The number of halogens is 3. The number of carboxylic acid groups (broad SMARTS) is 1. The topological polar surface area (TPSA) is 148 Å². The first-order valence-corrected chi connectivity index (χ1v) is 6.71. The van der Waals surface area contributed by atoms with Crippen molar-refractivity contribution in [3.63, 3.8) is 0 Å². The van der Waals surface area contributed by atoms with Crippen molar-refractivity contribution >= 4 is 21.7 Å². The van der Waals surface area contributed by atoms with Gasteiger partial charge in [0.15, 0.2) is 11.4 Å². The van der Waals surface area contributed by atoms with Gasteiger partial charge >= 0.3 is 5.51 Å². The lowest BCUT2D eigenvalue weighted by molar-refractivity contribution is -0.134. The number of amides is 1. The van der Waals surface area contributed by atoms with E-state index in [0.29, 0.717) is 6.20 Å². The van der Waals surface area contributed by atoms with Crippen LogP contribution in [0.3, 0.4) is 0 Å². The Morgan fingerprint density at radius 2 is 1.73 bits per heavy atom. The number of nitrogens with zero attached hydrogens (tertiary/aromatic N) is 1. The minimum atomic E-state index is -5.65. The molecule has 1 amide bonds. The predicted molar refractivity (Wildman–Crippen MR) is 65.7 cm³/mol. The van der Waals surface area contributed by atoms with E-state index in [9.17, 15) is 31.5 Å². The first kappa shape index (κ1) is 19.6. The number of sulfone groups is 1. The van der Waals surface area contributed by atoms with E-state index in [1.807, 2.05) is 0 Å². The molecule has 1 heterocycles. The van der Waals surface area contributed by atoms with Gasteiger partial charge in [0.2, 0.25) is 0 Å². The smallest absolute Gasteiger partial charge is 0.501 e. The quantitative estimate of drug-likeness (QED) is 0.710. The predicted octanol–water partition coefficient (Wildman–Crippen LogP) is 0.579. The number of rotatable bonds is 2. The highest BCUT2D eigenvalue weighted by Crippen LogP contribution is 2.34. The monoisotopic (exact) mass is 344 g/mol. The maximum Gasteiger partial charge on any atom is 0.501 e. The van der Waals surface area contributed by atoms with Crippen molar-refractivity contribution in [2.75, 3.05) is 0 Å². The van der Waals surface area contributed by atoms with E-state index >= 15 is 0 Å². The number of nitrogens with two attached hydrogens (primary N) is 1. The van der Waals surface area contributed by atoms with Crippen molar-refractivity contribution < 1.29 is 41.4 Å². The van der Waals surface area contributed by atoms with Crippen LogP contribution in [0.5, 0.6) is 5.75 Å². The van der Waals surface area contributed by atoms with Crippen LogP contribution < -0.4 is 5.73 Å². The number of primary amides is 1. The standard InChI is InChI=1S/C8H7F3N2O4S.C2H4O2/c1-3-4(18(16,17)8(9,10)11)2-13-5(6(3)14)7(12)15;1-2(3)4/h2,14H,1H3,(H2,12,15);1H3,(H,3,4). The number of carboxylic acids is 1. The minimum Gasteiger partial charge on any atom is -0.505 e. The molecule has 0 aliphatic carbocycles. The number of hydrogen-bond donors (Lipinski definition) is 3. The molecule has 0 fully saturated rings. The summed E-state index contributed by atoms with van der Waals surface area (Å²) in [5, 5.41) is 16.8. The third-order valence-corrected chi connectivity index (χ3v) is 3.69. The number of alkyl halides is 3. The Morgan fingerprint density at radius 3 is 2.05 bits per heavy atom. The van der Waals surface area contributed by atoms with Crippen LogP contribution in [-0.4, -0.2) is 41.0 Å². The van der Waals surface area contributed by atoms with Crippen molar-refractivity contribution in [3.8, 4) is 5.75 Å². The van der Waals surface area contributed by atoms with Crippen LogP contribution in [0.25, 0.3) is 0 Å². The van der Waals surface area contributed by atoms with Gasteiger partial charge in [-0.25, -0.2) is 13.4 Å². The van der Waals surface area contributed by atoms with Crippen molar-refractivity contribution in [3.05, 3.63) is 17.5 Å². The van der Waals surface area contributed by atoms with E-state index in [1.165, 1.54) is 0 Å². The first-order valence-electron chi connectivity index (χ1n) is 5.22. The van der Waals surface area contributed by atoms with Crippen LogP contribution in [0, 0.1) is 6.92 Å². The van der Waals surface area contributed by atoms with Gasteiger partial charge in [0, 0.05) is 18.7 Å². The summed E-state index contributed by atoms with van der Waals surface area (Å²) >= 11 is 0. The fraction of sp³-hybridized carbons (Fsp3) is 0.300. The number of pyridine rings is 1. The van der Waals surface area contributed by atoms with Gasteiger partial charge in [-0.3, -0.25) is 9.59 Å². The zero-order valence-corrected chi connectivity index (χ0v) is 12.0. The van der Waals surface area contributed by atoms with Crippen molar-refractivity contribution in [2.24, 2.45) is 5.73 Å². The Balaban J connectivity index is 0.000000980. The molecule has 8 nitrogen and oxygen atoms in total. The molecule has 0 aromatic carbocycles. The highest BCUT2D eigenvalue weighted by Gasteiger charge is 2.48. The van der Waals surface area contributed by atoms with E-state index in [2.05, 4.69) is 4.98 Å². The highest BCUT2D eigenvalue weighted by atomic mass is 32.2. The Morgan fingerprint density at radius 1 is 1.32 bits per heavy atom. The summed E-state index contributed by atoms with van der Waals surface area (Å²) in [4.78, 5) is 21.7. The van der Waals surface area contributed by atoms with E-state index in [4.69, 9.17) is 15.6 Å². The normalized spacial score (nSPS) is 11.3. The van der Waals surface area contributed by atoms with Gasteiger partial charge in [-0.2, -0.15) is 13.2 Å². The highest BCUT2D eigenvalue weighted by molar-refractivity contribution is 7.92. The molecule has 0 saturated carbocycles. The first-order chi connectivity index (χ1) is 9.73. The van der Waals surface area contributed by atoms with Crippen molar-refractivity contribution in [1.29, 1.82) is 0 Å². The number of aliphatic carboxylic acids is 1. The van der Waals surface area contributed by atoms with E-state index in [1.54, 1.807) is 0 Å². The molecule has 0 bridgehead atoms. The molecule has 0 atom stereocenters. The Labute approximate surface area is 122 Å². The van der Waals surface area contributed by atoms with Crippen LogP contribution in [-0.2, 0) is 14.6 Å². The number of carbonyl (C=O) groups is 2. The molecule has 0 aliphatic heterocycles. The van der Waals surface area contributed by atoms with Gasteiger partial charge in [0.25, 0.3) is 21.7 Å². The third-order valence-electron chi connectivity index (χ3n) is 2.09. The van der Waals surface area contributed by atoms with Gasteiger partial charge in [-0.05, 0) is 6.92 Å². The average molecular weight is 344 g/mol. The lowest BCUT2D eigenvalue weighted by Crippen LogP contribution is -2.25. The van der Waals surface area contributed by atoms with Crippen LogP contribution >= 0.6 is 0 Å². The zero-order chi connectivity index (χ0) is 17.9. The molecule has 1 rings (SSSR count). The lowest BCUT2D eigenvalue weighted by Gasteiger charge is -2.12. The second-order valence-corrected chi connectivity index (χ2v) is 5.69. The average Bonchev–Trinajstić information content (AvgIpc) is 2.29. The Bertz CT molecular complexity index is 695. The maximum atomic E-state index is 12.3. The number of aromatic nitrogens is 1. The zero-order valence-electron chi connectivity index (χ0n) is 11.2. The van der Waals surface area contributed by atoms with Crippen molar-refractivity contribution in [1.82, 2.24) is 4.98 Å². The summed E-state index contributed by atoms with van der Waals surface area (Å²) in [6.45, 7) is 1.99. The van der Waals surface area contributed by atoms with Gasteiger partial charge in [-0.15, -0.1) is 0 Å². The molecular formula is C10H11F3N2O6S. The molecule has 22 heavy (non-hydrogen) atoms. The summed E-state index contributed by atoms with van der Waals surface area (Å²) in [6, 6.07) is 0. The number of carbonyl (C=O) groups excluding carboxylic acids is 1.